The monoisotopic (exact) mass is 221 g/mol. The maximum Gasteiger partial charge on any atom is 0.223 e. The number of carbonyl (C=O) groups excluding carboxylic acids is 1. The Morgan fingerprint density at radius 3 is 2.75 bits per heavy atom. The van der Waals surface area contributed by atoms with Gasteiger partial charge in [-0.05, 0) is 36.5 Å². The van der Waals surface area contributed by atoms with Crippen LogP contribution in [0.1, 0.15) is 46.5 Å². The fourth-order valence-electron chi connectivity index (χ4n) is 3.49. The lowest BCUT2D eigenvalue weighted by Gasteiger charge is -2.36. The molecule has 90 valence electrons. The Hall–Kier alpha value is -0.790. The molecule has 0 heterocycles. The van der Waals surface area contributed by atoms with Crippen LogP contribution in [0.15, 0.2) is 11.8 Å². The molecule has 0 aromatic carbocycles. The van der Waals surface area contributed by atoms with Gasteiger partial charge in [-0.2, -0.15) is 0 Å². The van der Waals surface area contributed by atoms with Crippen LogP contribution in [-0.2, 0) is 4.79 Å². The van der Waals surface area contributed by atoms with Gasteiger partial charge < -0.3 is 5.32 Å². The smallest absolute Gasteiger partial charge is 0.223 e. The maximum atomic E-state index is 11.5. The molecule has 0 bridgehead atoms. The SMILES string of the molecule is CCC(=O)NC1=C[C@H](C)C2CCCC2C1C. The van der Waals surface area contributed by atoms with Crippen LogP contribution in [0, 0.1) is 23.7 Å². The molecule has 2 rings (SSSR count). The Morgan fingerprint density at radius 1 is 1.38 bits per heavy atom. The van der Waals surface area contributed by atoms with E-state index in [4.69, 9.17) is 0 Å². The molecule has 1 saturated carbocycles. The number of hydrogen-bond acceptors (Lipinski definition) is 1. The van der Waals surface area contributed by atoms with E-state index in [9.17, 15) is 4.79 Å². The van der Waals surface area contributed by atoms with Crippen LogP contribution in [0.3, 0.4) is 0 Å². The van der Waals surface area contributed by atoms with Crippen molar-refractivity contribution in [3.63, 3.8) is 0 Å². The lowest BCUT2D eigenvalue weighted by Crippen LogP contribution is -2.35. The zero-order valence-electron chi connectivity index (χ0n) is 10.6. The second-order valence-corrected chi connectivity index (χ2v) is 5.43. The number of allylic oxidation sites excluding steroid dienone is 2. The van der Waals surface area contributed by atoms with Gasteiger partial charge in [-0.1, -0.05) is 33.3 Å². The summed E-state index contributed by atoms with van der Waals surface area (Å²) in [5.74, 6) is 2.99. The molecule has 1 fully saturated rings. The zero-order valence-corrected chi connectivity index (χ0v) is 10.6. The Kier molecular flexibility index (Phi) is 3.36. The van der Waals surface area contributed by atoms with E-state index < -0.39 is 0 Å². The van der Waals surface area contributed by atoms with E-state index in [2.05, 4.69) is 25.2 Å². The van der Waals surface area contributed by atoms with Crippen molar-refractivity contribution in [2.45, 2.75) is 46.5 Å². The number of rotatable bonds is 2. The van der Waals surface area contributed by atoms with E-state index in [1.165, 1.54) is 25.0 Å². The summed E-state index contributed by atoms with van der Waals surface area (Å²) in [6.07, 6.45) is 6.96. The normalized spacial score (nSPS) is 37.8. The molecule has 2 heteroatoms. The Morgan fingerprint density at radius 2 is 2.06 bits per heavy atom. The first kappa shape index (κ1) is 11.7. The molecule has 4 atom stereocenters. The summed E-state index contributed by atoms with van der Waals surface area (Å²) in [5.41, 5.74) is 1.18. The van der Waals surface area contributed by atoms with E-state index in [1.807, 2.05) is 6.92 Å². The van der Waals surface area contributed by atoms with Crippen molar-refractivity contribution in [2.75, 3.05) is 0 Å². The highest BCUT2D eigenvalue weighted by Gasteiger charge is 2.39. The molecule has 0 aromatic heterocycles. The van der Waals surface area contributed by atoms with Gasteiger partial charge in [0, 0.05) is 12.1 Å². The maximum absolute atomic E-state index is 11.5. The van der Waals surface area contributed by atoms with E-state index >= 15 is 0 Å². The fraction of sp³-hybridized carbons (Fsp3) is 0.786. The molecule has 2 aliphatic rings. The molecular formula is C14H23NO. The van der Waals surface area contributed by atoms with Crippen molar-refractivity contribution in [1.29, 1.82) is 0 Å². The van der Waals surface area contributed by atoms with E-state index in [0.29, 0.717) is 18.3 Å². The quantitative estimate of drug-likeness (QED) is 0.762. The van der Waals surface area contributed by atoms with Crippen molar-refractivity contribution < 1.29 is 4.79 Å². The highest BCUT2D eigenvalue weighted by Crippen LogP contribution is 2.46. The standard InChI is InChI=1S/C14H23NO/c1-4-14(16)15-13-8-9(2)11-6-5-7-12(11)10(13)3/h8-12H,4-7H2,1-3H3,(H,15,16)/t9-,10?,11?,12?/m0/s1. The minimum absolute atomic E-state index is 0.154. The second kappa shape index (κ2) is 4.60. The molecule has 2 aliphatic carbocycles. The largest absolute Gasteiger partial charge is 0.330 e. The van der Waals surface area contributed by atoms with Crippen LogP contribution < -0.4 is 5.32 Å². The first-order valence-electron chi connectivity index (χ1n) is 6.65. The predicted octanol–water partition coefficient (Wildman–Crippen LogP) is 3.10. The summed E-state index contributed by atoms with van der Waals surface area (Å²) in [7, 11) is 0. The van der Waals surface area contributed by atoms with Gasteiger partial charge in [0.1, 0.15) is 0 Å². The topological polar surface area (TPSA) is 29.1 Å². The van der Waals surface area contributed by atoms with Gasteiger partial charge in [0.2, 0.25) is 5.91 Å². The van der Waals surface area contributed by atoms with Crippen molar-refractivity contribution in [3.8, 4) is 0 Å². The fourth-order valence-corrected chi connectivity index (χ4v) is 3.49. The number of hydrogen-bond donors (Lipinski definition) is 1. The van der Waals surface area contributed by atoms with Gasteiger partial charge in [-0.15, -0.1) is 0 Å². The summed E-state index contributed by atoms with van der Waals surface area (Å²) in [6, 6.07) is 0. The lowest BCUT2D eigenvalue weighted by molar-refractivity contribution is -0.120. The van der Waals surface area contributed by atoms with E-state index in [1.54, 1.807) is 0 Å². The first-order chi connectivity index (χ1) is 7.63. The van der Waals surface area contributed by atoms with Crippen LogP contribution >= 0.6 is 0 Å². The molecule has 3 unspecified atom stereocenters. The van der Waals surface area contributed by atoms with Gasteiger partial charge in [0.05, 0.1) is 0 Å². The van der Waals surface area contributed by atoms with Crippen LogP contribution in [0.25, 0.3) is 0 Å². The third-order valence-electron chi connectivity index (χ3n) is 4.48. The molecular weight excluding hydrogens is 198 g/mol. The number of nitrogens with one attached hydrogen (secondary N) is 1. The van der Waals surface area contributed by atoms with Crippen molar-refractivity contribution >= 4 is 5.91 Å². The molecule has 1 N–H and O–H groups in total. The van der Waals surface area contributed by atoms with Gasteiger partial charge >= 0.3 is 0 Å². The molecule has 2 nitrogen and oxygen atoms in total. The minimum atomic E-state index is 0.154. The molecule has 16 heavy (non-hydrogen) atoms. The van der Waals surface area contributed by atoms with Crippen LogP contribution in [0.5, 0.6) is 0 Å². The van der Waals surface area contributed by atoms with Gasteiger partial charge in [0.15, 0.2) is 0 Å². The van der Waals surface area contributed by atoms with Crippen molar-refractivity contribution in [3.05, 3.63) is 11.8 Å². The predicted molar refractivity (Wildman–Crippen MR) is 65.7 cm³/mol. The molecule has 0 spiro atoms. The average Bonchev–Trinajstić information content (AvgIpc) is 2.74. The summed E-state index contributed by atoms with van der Waals surface area (Å²) in [6.45, 7) is 6.48. The summed E-state index contributed by atoms with van der Waals surface area (Å²) in [4.78, 5) is 11.5. The molecule has 1 amide bonds. The van der Waals surface area contributed by atoms with Gasteiger partial charge in [0.25, 0.3) is 0 Å². The Labute approximate surface area is 98.5 Å². The highest BCUT2D eigenvalue weighted by molar-refractivity contribution is 5.77. The van der Waals surface area contributed by atoms with Crippen LogP contribution in [0.2, 0.25) is 0 Å². The third-order valence-corrected chi connectivity index (χ3v) is 4.48. The van der Waals surface area contributed by atoms with Crippen molar-refractivity contribution in [2.24, 2.45) is 23.7 Å². The zero-order chi connectivity index (χ0) is 11.7. The van der Waals surface area contributed by atoms with Gasteiger partial charge in [-0.3, -0.25) is 4.79 Å². The van der Waals surface area contributed by atoms with Crippen molar-refractivity contribution in [1.82, 2.24) is 5.32 Å². The lowest BCUT2D eigenvalue weighted by atomic mass is 9.72. The second-order valence-electron chi connectivity index (χ2n) is 5.43. The third kappa shape index (κ3) is 2.02. The van der Waals surface area contributed by atoms with Crippen LogP contribution in [0.4, 0.5) is 0 Å². The average molecular weight is 221 g/mol. The van der Waals surface area contributed by atoms with Gasteiger partial charge in [-0.25, -0.2) is 0 Å². The summed E-state index contributed by atoms with van der Waals surface area (Å²) < 4.78 is 0. The van der Waals surface area contributed by atoms with E-state index in [-0.39, 0.29) is 5.91 Å². The number of amides is 1. The Balaban J connectivity index is 2.13. The summed E-state index contributed by atoms with van der Waals surface area (Å²) in [5, 5.41) is 3.08. The molecule has 0 aromatic rings. The van der Waals surface area contributed by atoms with Crippen LogP contribution in [-0.4, -0.2) is 5.91 Å². The number of carbonyl (C=O) groups is 1. The Bertz CT molecular complexity index is 308. The van der Waals surface area contributed by atoms with E-state index in [0.717, 1.165) is 11.8 Å². The minimum Gasteiger partial charge on any atom is -0.330 e. The molecule has 0 saturated heterocycles. The number of fused-ring (bicyclic) bond motifs is 1. The highest BCUT2D eigenvalue weighted by atomic mass is 16.1. The summed E-state index contributed by atoms with van der Waals surface area (Å²) >= 11 is 0. The first-order valence-corrected chi connectivity index (χ1v) is 6.65. The molecule has 0 aliphatic heterocycles. The molecule has 0 radical (unpaired) electrons.